The second kappa shape index (κ2) is 7.52. The highest BCUT2D eigenvalue weighted by molar-refractivity contribution is 7.87. The Morgan fingerprint density at radius 1 is 1.04 bits per heavy atom. The molecule has 1 aliphatic carbocycles. The minimum atomic E-state index is -4.06. The number of nitrogens with zero attached hydrogens (tertiary/aromatic N) is 1. The van der Waals surface area contributed by atoms with Gasteiger partial charge in [-0.05, 0) is 50.6 Å². The molecule has 0 radical (unpaired) electrons. The third kappa shape index (κ3) is 3.73. The molecule has 0 N–H and O–H groups in total. The highest BCUT2D eigenvalue weighted by Gasteiger charge is 2.26. The predicted octanol–water partition coefficient (Wildman–Crippen LogP) is 3.07. The van der Waals surface area contributed by atoms with Crippen molar-refractivity contribution in [2.45, 2.75) is 31.6 Å². The van der Waals surface area contributed by atoms with Crippen LogP contribution in [0.5, 0.6) is 5.75 Å². The Balaban J connectivity index is 1.84. The third-order valence-electron chi connectivity index (χ3n) is 4.68. The first-order valence-corrected chi connectivity index (χ1v) is 10.3. The maximum Gasteiger partial charge on any atom is 0.339 e. The van der Waals surface area contributed by atoms with Gasteiger partial charge in [0.25, 0.3) is 5.91 Å². The van der Waals surface area contributed by atoms with E-state index in [9.17, 15) is 18.0 Å². The quantitative estimate of drug-likeness (QED) is 0.712. The SMILES string of the molecule is CCN(CC)C(=O)c1ccc(S(=O)(=O)Oc2cccc3c2CCC3=O)cc1. The topological polar surface area (TPSA) is 80.8 Å². The molecule has 7 heteroatoms. The van der Waals surface area contributed by atoms with Gasteiger partial charge in [0.1, 0.15) is 10.6 Å². The minimum Gasteiger partial charge on any atom is -0.379 e. The molecule has 6 nitrogen and oxygen atoms in total. The summed E-state index contributed by atoms with van der Waals surface area (Å²) in [7, 11) is -4.06. The fourth-order valence-corrected chi connectivity index (χ4v) is 4.12. The molecule has 0 spiro atoms. The number of carbonyl (C=O) groups excluding carboxylic acids is 2. The average Bonchev–Trinajstić information content (AvgIpc) is 3.05. The van der Waals surface area contributed by atoms with Crippen LogP contribution in [-0.2, 0) is 16.5 Å². The van der Waals surface area contributed by atoms with E-state index in [-0.39, 0.29) is 22.3 Å². The van der Waals surface area contributed by atoms with Crippen molar-refractivity contribution in [1.29, 1.82) is 0 Å². The Hall–Kier alpha value is -2.67. The van der Waals surface area contributed by atoms with Gasteiger partial charge in [0.05, 0.1) is 0 Å². The minimum absolute atomic E-state index is 0.00730. The van der Waals surface area contributed by atoms with Crippen molar-refractivity contribution < 1.29 is 22.2 Å². The van der Waals surface area contributed by atoms with Crippen LogP contribution in [0.15, 0.2) is 47.4 Å². The van der Waals surface area contributed by atoms with E-state index >= 15 is 0 Å². The Morgan fingerprint density at radius 2 is 1.70 bits per heavy atom. The molecule has 2 aromatic carbocycles. The van der Waals surface area contributed by atoms with Crippen LogP contribution in [0.4, 0.5) is 0 Å². The summed E-state index contributed by atoms with van der Waals surface area (Å²) in [6.45, 7) is 4.93. The number of rotatable bonds is 6. The first kappa shape index (κ1) is 19.1. The second-order valence-corrected chi connectivity index (χ2v) is 7.79. The number of amides is 1. The summed E-state index contributed by atoms with van der Waals surface area (Å²) in [6, 6.07) is 10.5. The number of hydrogen-bond acceptors (Lipinski definition) is 5. The number of carbonyl (C=O) groups is 2. The molecular formula is C20H21NO5S. The largest absolute Gasteiger partial charge is 0.379 e. The molecule has 1 amide bonds. The van der Waals surface area contributed by atoms with Crippen molar-refractivity contribution in [2.24, 2.45) is 0 Å². The lowest BCUT2D eigenvalue weighted by atomic mass is 10.1. The zero-order chi connectivity index (χ0) is 19.6. The molecule has 0 unspecified atom stereocenters. The van der Waals surface area contributed by atoms with Gasteiger partial charge in [-0.1, -0.05) is 12.1 Å². The highest BCUT2D eigenvalue weighted by Crippen LogP contribution is 2.32. The molecular weight excluding hydrogens is 366 g/mol. The maximum atomic E-state index is 12.6. The Labute approximate surface area is 158 Å². The Morgan fingerprint density at radius 3 is 2.33 bits per heavy atom. The van der Waals surface area contributed by atoms with Gasteiger partial charge in [0, 0.05) is 36.2 Å². The number of hydrogen-bond donors (Lipinski definition) is 0. The van der Waals surface area contributed by atoms with E-state index in [0.717, 1.165) is 0 Å². The Kier molecular flexibility index (Phi) is 5.32. The van der Waals surface area contributed by atoms with Gasteiger partial charge in [-0.2, -0.15) is 8.42 Å². The first-order valence-electron chi connectivity index (χ1n) is 8.86. The van der Waals surface area contributed by atoms with Gasteiger partial charge < -0.3 is 9.08 Å². The van der Waals surface area contributed by atoms with Gasteiger partial charge in [-0.25, -0.2) is 0 Å². The standard InChI is InChI=1S/C20H21NO5S/c1-3-21(4-2)20(23)14-8-10-15(11-9-14)27(24,25)26-19-7-5-6-16-17(19)12-13-18(16)22/h5-11H,3-4,12-13H2,1-2H3. The number of fused-ring (bicyclic) bond motifs is 1. The van der Waals surface area contributed by atoms with Crippen molar-refractivity contribution in [3.8, 4) is 5.75 Å². The van der Waals surface area contributed by atoms with Gasteiger partial charge in [0.2, 0.25) is 0 Å². The van der Waals surface area contributed by atoms with E-state index in [4.69, 9.17) is 4.18 Å². The Bertz CT molecular complexity index is 976. The van der Waals surface area contributed by atoms with E-state index < -0.39 is 10.1 Å². The summed E-state index contributed by atoms with van der Waals surface area (Å²) in [4.78, 5) is 25.8. The van der Waals surface area contributed by atoms with E-state index in [0.29, 0.717) is 42.6 Å². The average molecular weight is 387 g/mol. The molecule has 142 valence electrons. The molecule has 27 heavy (non-hydrogen) atoms. The van der Waals surface area contributed by atoms with E-state index in [1.54, 1.807) is 23.1 Å². The van der Waals surface area contributed by atoms with Crippen LogP contribution in [0.3, 0.4) is 0 Å². The molecule has 0 fully saturated rings. The van der Waals surface area contributed by atoms with E-state index in [1.165, 1.54) is 24.3 Å². The zero-order valence-electron chi connectivity index (χ0n) is 15.3. The molecule has 0 bridgehead atoms. The zero-order valence-corrected chi connectivity index (χ0v) is 16.1. The van der Waals surface area contributed by atoms with E-state index in [1.807, 2.05) is 13.8 Å². The third-order valence-corrected chi connectivity index (χ3v) is 5.92. The smallest absolute Gasteiger partial charge is 0.339 e. The molecule has 2 aromatic rings. The summed E-state index contributed by atoms with van der Waals surface area (Å²) in [5.74, 6) is 0.0259. The summed E-state index contributed by atoms with van der Waals surface area (Å²) >= 11 is 0. The van der Waals surface area contributed by atoms with Gasteiger partial charge >= 0.3 is 10.1 Å². The summed E-state index contributed by atoms with van der Waals surface area (Å²) < 4.78 is 30.5. The number of Topliss-reactive ketones (excluding diaryl/α,β-unsaturated/α-hetero) is 1. The summed E-state index contributed by atoms with van der Waals surface area (Å²) in [5.41, 5.74) is 1.56. The number of ketones is 1. The van der Waals surface area contributed by atoms with Gasteiger partial charge in [-0.3, -0.25) is 9.59 Å². The molecule has 0 aliphatic heterocycles. The fourth-order valence-electron chi connectivity index (χ4n) is 3.16. The van der Waals surface area contributed by atoms with Crippen LogP contribution in [0, 0.1) is 0 Å². The monoisotopic (exact) mass is 387 g/mol. The van der Waals surface area contributed by atoms with Crippen molar-refractivity contribution in [3.05, 3.63) is 59.2 Å². The van der Waals surface area contributed by atoms with Crippen LogP contribution in [0.1, 0.15) is 46.5 Å². The lowest BCUT2D eigenvalue weighted by Gasteiger charge is -2.18. The normalized spacial score (nSPS) is 13.3. The van der Waals surface area contributed by atoms with Crippen molar-refractivity contribution in [1.82, 2.24) is 4.90 Å². The molecule has 3 rings (SSSR count). The van der Waals surface area contributed by atoms with Gasteiger partial charge in [0.15, 0.2) is 5.78 Å². The summed E-state index contributed by atoms with van der Waals surface area (Å²) in [6.07, 6.45) is 0.828. The maximum absolute atomic E-state index is 12.6. The van der Waals surface area contributed by atoms with Crippen molar-refractivity contribution >= 4 is 21.8 Å². The highest BCUT2D eigenvalue weighted by atomic mass is 32.2. The molecule has 0 saturated carbocycles. The van der Waals surface area contributed by atoms with Crippen LogP contribution >= 0.6 is 0 Å². The molecule has 1 aliphatic rings. The fraction of sp³-hybridized carbons (Fsp3) is 0.300. The van der Waals surface area contributed by atoms with Crippen LogP contribution in [-0.4, -0.2) is 38.1 Å². The summed E-state index contributed by atoms with van der Waals surface area (Å²) in [5, 5.41) is 0. The molecule has 0 heterocycles. The second-order valence-electron chi connectivity index (χ2n) is 6.24. The van der Waals surface area contributed by atoms with Crippen molar-refractivity contribution in [3.63, 3.8) is 0 Å². The van der Waals surface area contributed by atoms with Crippen LogP contribution in [0.25, 0.3) is 0 Å². The van der Waals surface area contributed by atoms with Gasteiger partial charge in [-0.15, -0.1) is 0 Å². The lowest BCUT2D eigenvalue weighted by molar-refractivity contribution is 0.0772. The van der Waals surface area contributed by atoms with Crippen molar-refractivity contribution in [2.75, 3.05) is 13.1 Å². The van der Waals surface area contributed by atoms with Crippen LogP contribution < -0.4 is 4.18 Å². The molecule has 0 aromatic heterocycles. The lowest BCUT2D eigenvalue weighted by Crippen LogP contribution is -2.30. The molecule has 0 saturated heterocycles. The van der Waals surface area contributed by atoms with E-state index in [2.05, 4.69) is 0 Å². The molecule has 0 atom stereocenters. The first-order chi connectivity index (χ1) is 12.9. The van der Waals surface area contributed by atoms with Crippen LogP contribution in [0.2, 0.25) is 0 Å². The number of benzene rings is 2. The predicted molar refractivity (Wildman–Crippen MR) is 101 cm³/mol.